The lowest BCUT2D eigenvalue weighted by molar-refractivity contribution is 0.107. The number of halogens is 2. The van der Waals surface area contributed by atoms with Crippen molar-refractivity contribution in [2.75, 3.05) is 0 Å². The topological polar surface area (TPSA) is 34.1 Å². The summed E-state index contributed by atoms with van der Waals surface area (Å²) in [7, 11) is 0. The van der Waals surface area contributed by atoms with Crippen LogP contribution in [0.4, 0.5) is 0 Å². The molecule has 24 heavy (non-hydrogen) atoms. The first-order valence-electron chi connectivity index (χ1n) is 7.34. The molecule has 0 aliphatic heterocycles. The van der Waals surface area contributed by atoms with Gasteiger partial charge in [-0.3, -0.25) is 9.59 Å². The summed E-state index contributed by atoms with van der Waals surface area (Å²) in [6.45, 7) is 7.44. The van der Waals surface area contributed by atoms with Gasteiger partial charge in [0.1, 0.15) is 0 Å². The van der Waals surface area contributed by atoms with Crippen LogP contribution in [-0.4, -0.2) is 10.5 Å². The third kappa shape index (κ3) is 4.44. The standard InChI is InChI=1S/C20H16Cl2O2/c1-3-5-13-7-15(11-17(9-13)19(21)23)16-8-14(6-4-2)10-18(12-16)20(22)24/h3-4,7-12H,1-2,5-6H2. The number of allylic oxidation sites excluding steroid dienone is 2. The molecule has 2 aromatic rings. The number of benzene rings is 2. The van der Waals surface area contributed by atoms with Crippen LogP contribution in [0.1, 0.15) is 31.8 Å². The highest BCUT2D eigenvalue weighted by molar-refractivity contribution is 6.68. The molecule has 0 aliphatic carbocycles. The molecule has 0 N–H and O–H groups in total. The molecule has 0 aliphatic rings. The lowest BCUT2D eigenvalue weighted by Crippen LogP contribution is -1.97. The Hall–Kier alpha value is -2.16. The monoisotopic (exact) mass is 358 g/mol. The van der Waals surface area contributed by atoms with Crippen molar-refractivity contribution in [3.63, 3.8) is 0 Å². The zero-order valence-corrected chi connectivity index (χ0v) is 14.5. The van der Waals surface area contributed by atoms with Gasteiger partial charge in [0, 0.05) is 11.1 Å². The molecular weight excluding hydrogens is 343 g/mol. The highest BCUT2D eigenvalue weighted by Gasteiger charge is 2.11. The smallest absolute Gasteiger partial charge is 0.252 e. The first-order chi connectivity index (χ1) is 11.4. The molecule has 0 radical (unpaired) electrons. The number of carbonyl (C=O) groups is 2. The Morgan fingerprint density at radius 2 is 1.12 bits per heavy atom. The van der Waals surface area contributed by atoms with Crippen molar-refractivity contribution in [1.29, 1.82) is 0 Å². The van der Waals surface area contributed by atoms with E-state index in [1.165, 1.54) is 0 Å². The lowest BCUT2D eigenvalue weighted by atomic mass is 9.95. The molecule has 0 atom stereocenters. The van der Waals surface area contributed by atoms with Crippen LogP contribution in [0, 0.1) is 0 Å². The van der Waals surface area contributed by atoms with Gasteiger partial charge in [0.25, 0.3) is 10.5 Å². The minimum atomic E-state index is -0.530. The maximum absolute atomic E-state index is 11.6. The molecule has 0 fully saturated rings. The van der Waals surface area contributed by atoms with Gasteiger partial charge in [-0.05, 0) is 82.6 Å². The van der Waals surface area contributed by atoms with E-state index < -0.39 is 10.5 Å². The van der Waals surface area contributed by atoms with Crippen molar-refractivity contribution in [2.45, 2.75) is 12.8 Å². The van der Waals surface area contributed by atoms with Gasteiger partial charge in [0.15, 0.2) is 0 Å². The second-order valence-corrected chi connectivity index (χ2v) is 6.06. The average Bonchev–Trinajstić information content (AvgIpc) is 2.54. The van der Waals surface area contributed by atoms with Crippen LogP contribution >= 0.6 is 23.2 Å². The quantitative estimate of drug-likeness (QED) is 0.478. The summed E-state index contributed by atoms with van der Waals surface area (Å²) < 4.78 is 0. The molecule has 2 nitrogen and oxygen atoms in total. The third-order valence-corrected chi connectivity index (χ3v) is 3.97. The van der Waals surface area contributed by atoms with E-state index in [-0.39, 0.29) is 0 Å². The average molecular weight is 359 g/mol. The highest BCUT2D eigenvalue weighted by atomic mass is 35.5. The minimum absolute atomic E-state index is 0.402. The zero-order chi connectivity index (χ0) is 17.7. The van der Waals surface area contributed by atoms with Crippen molar-refractivity contribution >= 4 is 33.7 Å². The van der Waals surface area contributed by atoms with Gasteiger partial charge in [-0.1, -0.05) is 24.3 Å². The van der Waals surface area contributed by atoms with Crippen LogP contribution in [-0.2, 0) is 12.8 Å². The van der Waals surface area contributed by atoms with Gasteiger partial charge in [-0.2, -0.15) is 0 Å². The van der Waals surface area contributed by atoms with Crippen molar-refractivity contribution < 1.29 is 9.59 Å². The third-order valence-electron chi connectivity index (χ3n) is 3.53. The molecule has 122 valence electrons. The molecule has 4 heteroatoms. The number of carbonyl (C=O) groups excluding carboxylic acids is 2. The Morgan fingerprint density at radius 3 is 1.42 bits per heavy atom. The fraction of sp³-hybridized carbons (Fsp3) is 0.100. The largest absolute Gasteiger partial charge is 0.276 e. The van der Waals surface area contributed by atoms with E-state index in [2.05, 4.69) is 13.2 Å². The second kappa shape index (κ2) is 8.09. The Kier molecular flexibility index (Phi) is 6.13. The van der Waals surface area contributed by atoms with E-state index in [1.54, 1.807) is 36.4 Å². The molecule has 0 saturated heterocycles. The predicted molar refractivity (Wildman–Crippen MR) is 100 cm³/mol. The van der Waals surface area contributed by atoms with Crippen LogP contribution in [0.5, 0.6) is 0 Å². The summed E-state index contributed by atoms with van der Waals surface area (Å²) >= 11 is 11.3. The van der Waals surface area contributed by atoms with E-state index in [9.17, 15) is 9.59 Å². The van der Waals surface area contributed by atoms with Gasteiger partial charge in [0.05, 0.1) is 0 Å². The molecule has 0 spiro atoms. The van der Waals surface area contributed by atoms with E-state index in [1.807, 2.05) is 12.1 Å². The van der Waals surface area contributed by atoms with Crippen molar-refractivity contribution in [3.8, 4) is 11.1 Å². The molecule has 0 heterocycles. The van der Waals surface area contributed by atoms with Crippen LogP contribution in [0.15, 0.2) is 61.7 Å². The van der Waals surface area contributed by atoms with Gasteiger partial charge in [0.2, 0.25) is 0 Å². The van der Waals surface area contributed by atoms with Crippen LogP contribution in [0.3, 0.4) is 0 Å². The first kappa shape index (κ1) is 18.2. The summed E-state index contributed by atoms with van der Waals surface area (Å²) in [5.41, 5.74) is 4.23. The normalized spacial score (nSPS) is 10.2. The van der Waals surface area contributed by atoms with Crippen LogP contribution in [0.25, 0.3) is 11.1 Å². The van der Waals surface area contributed by atoms with Gasteiger partial charge in [-0.25, -0.2) is 0 Å². The van der Waals surface area contributed by atoms with Crippen LogP contribution < -0.4 is 0 Å². The molecular formula is C20H16Cl2O2. The maximum Gasteiger partial charge on any atom is 0.252 e. The SMILES string of the molecule is C=CCc1cc(C(=O)Cl)cc(-c2cc(CC=C)cc(C(=O)Cl)c2)c1. The van der Waals surface area contributed by atoms with E-state index >= 15 is 0 Å². The number of rotatable bonds is 7. The van der Waals surface area contributed by atoms with Gasteiger partial charge < -0.3 is 0 Å². The summed E-state index contributed by atoms with van der Waals surface area (Å²) in [6, 6.07) is 10.8. The fourth-order valence-electron chi connectivity index (χ4n) is 2.51. The number of hydrogen-bond donors (Lipinski definition) is 0. The van der Waals surface area contributed by atoms with E-state index in [4.69, 9.17) is 23.2 Å². The highest BCUT2D eigenvalue weighted by Crippen LogP contribution is 2.27. The van der Waals surface area contributed by atoms with E-state index in [0.717, 1.165) is 22.3 Å². The summed E-state index contributed by atoms with van der Waals surface area (Å²) in [6.07, 6.45) is 4.73. The summed E-state index contributed by atoms with van der Waals surface area (Å²) in [5.74, 6) is 0. The molecule has 2 aromatic carbocycles. The maximum atomic E-state index is 11.6. The Labute approximate surface area is 151 Å². The van der Waals surface area contributed by atoms with Crippen LogP contribution in [0.2, 0.25) is 0 Å². The molecule has 0 saturated carbocycles. The Bertz CT molecular complexity index is 753. The fourth-order valence-corrected chi connectivity index (χ4v) is 2.73. The van der Waals surface area contributed by atoms with Crippen molar-refractivity contribution in [3.05, 3.63) is 84.0 Å². The molecule has 0 amide bonds. The molecule has 0 unspecified atom stereocenters. The van der Waals surface area contributed by atoms with Crippen molar-refractivity contribution in [2.24, 2.45) is 0 Å². The minimum Gasteiger partial charge on any atom is -0.276 e. The van der Waals surface area contributed by atoms with Gasteiger partial charge >= 0.3 is 0 Å². The Balaban J connectivity index is 2.64. The van der Waals surface area contributed by atoms with Crippen molar-refractivity contribution in [1.82, 2.24) is 0 Å². The predicted octanol–water partition coefficient (Wildman–Crippen LogP) is 5.57. The molecule has 2 rings (SSSR count). The van der Waals surface area contributed by atoms with Gasteiger partial charge in [-0.15, -0.1) is 13.2 Å². The molecule has 0 aromatic heterocycles. The number of hydrogen-bond acceptors (Lipinski definition) is 2. The molecule has 0 bridgehead atoms. The lowest BCUT2D eigenvalue weighted by Gasteiger charge is -2.10. The van der Waals surface area contributed by atoms with E-state index in [0.29, 0.717) is 24.0 Å². The first-order valence-corrected chi connectivity index (χ1v) is 8.10. The summed E-state index contributed by atoms with van der Waals surface area (Å²) in [5, 5.41) is -1.06. The second-order valence-electron chi connectivity index (χ2n) is 5.37. The summed E-state index contributed by atoms with van der Waals surface area (Å²) in [4.78, 5) is 23.2. The Morgan fingerprint density at radius 1 is 0.750 bits per heavy atom. The zero-order valence-electron chi connectivity index (χ0n) is 13.0.